The zero-order valence-corrected chi connectivity index (χ0v) is 15.5. The van der Waals surface area contributed by atoms with E-state index in [9.17, 15) is 0 Å². The molecular formula is C22H24N4O. The number of ether oxygens (including phenoxy) is 1. The number of pyridine rings is 2. The molecule has 1 unspecified atom stereocenters. The van der Waals surface area contributed by atoms with Crippen LogP contribution in [0.4, 0.5) is 0 Å². The lowest BCUT2D eigenvalue weighted by Gasteiger charge is -2.36. The van der Waals surface area contributed by atoms with Gasteiger partial charge in [-0.1, -0.05) is 12.1 Å². The van der Waals surface area contributed by atoms with Crippen LogP contribution in [0.15, 0.2) is 67.3 Å². The molecule has 1 aromatic carbocycles. The summed E-state index contributed by atoms with van der Waals surface area (Å²) in [5.74, 6) is 1.63. The highest BCUT2D eigenvalue weighted by Crippen LogP contribution is 2.28. The molecule has 3 aromatic rings. The summed E-state index contributed by atoms with van der Waals surface area (Å²) in [7, 11) is 0. The Kier molecular flexibility index (Phi) is 5.42. The summed E-state index contributed by atoms with van der Waals surface area (Å²) >= 11 is 0. The van der Waals surface area contributed by atoms with Crippen LogP contribution in [0.5, 0.6) is 11.5 Å². The Morgan fingerprint density at radius 3 is 2.78 bits per heavy atom. The van der Waals surface area contributed by atoms with E-state index < -0.39 is 0 Å². The Hall–Kier alpha value is -2.76. The summed E-state index contributed by atoms with van der Waals surface area (Å²) in [6, 6.07) is 14.8. The fourth-order valence-electron chi connectivity index (χ4n) is 3.54. The number of nitrogens with one attached hydrogen (secondary N) is 1. The van der Waals surface area contributed by atoms with Crippen molar-refractivity contribution >= 4 is 0 Å². The molecule has 1 aliphatic heterocycles. The zero-order chi connectivity index (χ0) is 18.5. The second kappa shape index (κ2) is 8.29. The molecule has 0 saturated carbocycles. The number of aromatic nitrogens is 2. The first-order chi connectivity index (χ1) is 13.3. The van der Waals surface area contributed by atoms with Crippen LogP contribution in [0.3, 0.4) is 0 Å². The standard InChI is InChI=1S/C22H24N4O/c1-17-13-18(4-5-22(17)27-20-3-2-8-24-14-20)16-26-12-11-25-15-21(26)19-6-9-23-10-7-19/h2-10,13-14,21,25H,11-12,15-16H2,1H3. The molecule has 5 heteroatoms. The molecule has 1 aliphatic rings. The van der Waals surface area contributed by atoms with E-state index in [1.165, 1.54) is 11.1 Å². The highest BCUT2D eigenvalue weighted by atomic mass is 16.5. The lowest BCUT2D eigenvalue weighted by Crippen LogP contribution is -2.45. The van der Waals surface area contributed by atoms with Gasteiger partial charge in [-0.3, -0.25) is 14.9 Å². The van der Waals surface area contributed by atoms with Gasteiger partial charge in [0.05, 0.1) is 6.20 Å². The van der Waals surface area contributed by atoms with Gasteiger partial charge < -0.3 is 10.1 Å². The SMILES string of the molecule is Cc1cc(CN2CCNCC2c2ccncc2)ccc1Oc1cccnc1. The van der Waals surface area contributed by atoms with Crippen molar-refractivity contribution in [2.24, 2.45) is 0 Å². The molecule has 4 rings (SSSR count). The Bertz CT molecular complexity index is 870. The van der Waals surface area contributed by atoms with Crippen molar-refractivity contribution in [3.05, 3.63) is 83.9 Å². The van der Waals surface area contributed by atoms with E-state index in [-0.39, 0.29) is 0 Å². The van der Waals surface area contributed by atoms with Gasteiger partial charge in [-0.25, -0.2) is 0 Å². The van der Waals surface area contributed by atoms with Gasteiger partial charge >= 0.3 is 0 Å². The van der Waals surface area contributed by atoms with Crippen molar-refractivity contribution in [1.29, 1.82) is 0 Å². The third kappa shape index (κ3) is 4.32. The minimum absolute atomic E-state index is 0.369. The Morgan fingerprint density at radius 1 is 1.11 bits per heavy atom. The van der Waals surface area contributed by atoms with Crippen molar-refractivity contribution in [2.45, 2.75) is 19.5 Å². The molecule has 0 amide bonds. The van der Waals surface area contributed by atoms with E-state index >= 15 is 0 Å². The van der Waals surface area contributed by atoms with Gasteiger partial charge in [0.15, 0.2) is 0 Å². The molecule has 0 radical (unpaired) electrons. The predicted molar refractivity (Wildman–Crippen MR) is 106 cm³/mol. The second-order valence-electron chi connectivity index (χ2n) is 6.86. The molecule has 3 heterocycles. The van der Waals surface area contributed by atoms with Gasteiger partial charge in [0, 0.05) is 50.8 Å². The van der Waals surface area contributed by atoms with E-state index in [4.69, 9.17) is 4.74 Å². The van der Waals surface area contributed by atoms with Gasteiger partial charge in [0.25, 0.3) is 0 Å². The van der Waals surface area contributed by atoms with Crippen LogP contribution in [0.25, 0.3) is 0 Å². The fraction of sp³-hybridized carbons (Fsp3) is 0.273. The van der Waals surface area contributed by atoms with Gasteiger partial charge in [-0.2, -0.15) is 0 Å². The summed E-state index contributed by atoms with van der Waals surface area (Å²) < 4.78 is 5.95. The van der Waals surface area contributed by atoms with E-state index in [2.05, 4.69) is 57.4 Å². The summed E-state index contributed by atoms with van der Waals surface area (Å²) in [5, 5.41) is 3.51. The van der Waals surface area contributed by atoms with Crippen LogP contribution in [-0.2, 0) is 6.54 Å². The summed E-state index contributed by atoms with van der Waals surface area (Å²) in [6.45, 7) is 6.02. The monoisotopic (exact) mass is 360 g/mol. The Labute approximate surface area is 160 Å². The van der Waals surface area contributed by atoms with Crippen LogP contribution in [0.2, 0.25) is 0 Å². The largest absolute Gasteiger partial charge is 0.455 e. The molecule has 1 N–H and O–H groups in total. The first-order valence-corrected chi connectivity index (χ1v) is 9.32. The Morgan fingerprint density at radius 2 is 2.00 bits per heavy atom. The zero-order valence-electron chi connectivity index (χ0n) is 15.5. The molecule has 0 bridgehead atoms. The van der Waals surface area contributed by atoms with Gasteiger partial charge in [-0.05, 0) is 53.9 Å². The van der Waals surface area contributed by atoms with Crippen LogP contribution < -0.4 is 10.1 Å². The number of aryl methyl sites for hydroxylation is 1. The molecule has 1 saturated heterocycles. The predicted octanol–water partition coefficient (Wildman–Crippen LogP) is 3.72. The molecule has 27 heavy (non-hydrogen) atoms. The Balaban J connectivity index is 1.49. The maximum atomic E-state index is 5.95. The molecule has 1 atom stereocenters. The molecular weight excluding hydrogens is 336 g/mol. The van der Waals surface area contributed by atoms with Crippen molar-refractivity contribution < 1.29 is 4.74 Å². The van der Waals surface area contributed by atoms with Gasteiger partial charge in [0.2, 0.25) is 0 Å². The third-order valence-electron chi connectivity index (χ3n) is 4.93. The topological polar surface area (TPSA) is 50.3 Å². The number of nitrogens with zero attached hydrogens (tertiary/aromatic N) is 3. The third-order valence-corrected chi connectivity index (χ3v) is 4.93. The quantitative estimate of drug-likeness (QED) is 0.751. The second-order valence-corrected chi connectivity index (χ2v) is 6.86. The van der Waals surface area contributed by atoms with E-state index in [0.717, 1.165) is 43.2 Å². The van der Waals surface area contributed by atoms with Crippen molar-refractivity contribution in [2.75, 3.05) is 19.6 Å². The number of piperazine rings is 1. The van der Waals surface area contributed by atoms with Crippen LogP contribution >= 0.6 is 0 Å². The van der Waals surface area contributed by atoms with Gasteiger partial charge in [0.1, 0.15) is 11.5 Å². The summed E-state index contributed by atoms with van der Waals surface area (Å²) in [4.78, 5) is 10.8. The van der Waals surface area contributed by atoms with Crippen LogP contribution in [0, 0.1) is 6.92 Å². The average molecular weight is 360 g/mol. The molecule has 1 fully saturated rings. The minimum atomic E-state index is 0.369. The van der Waals surface area contributed by atoms with Crippen LogP contribution in [0.1, 0.15) is 22.7 Å². The highest BCUT2D eigenvalue weighted by Gasteiger charge is 2.23. The van der Waals surface area contributed by atoms with E-state index in [1.807, 2.05) is 24.5 Å². The lowest BCUT2D eigenvalue weighted by atomic mass is 10.0. The molecule has 2 aromatic heterocycles. The summed E-state index contributed by atoms with van der Waals surface area (Å²) in [6.07, 6.45) is 7.22. The van der Waals surface area contributed by atoms with Crippen molar-refractivity contribution in [3.8, 4) is 11.5 Å². The lowest BCUT2D eigenvalue weighted by molar-refractivity contribution is 0.153. The molecule has 0 aliphatic carbocycles. The minimum Gasteiger partial charge on any atom is -0.455 e. The van der Waals surface area contributed by atoms with E-state index in [1.54, 1.807) is 12.4 Å². The molecule has 0 spiro atoms. The normalized spacial score (nSPS) is 17.6. The number of rotatable bonds is 5. The first kappa shape index (κ1) is 17.6. The average Bonchev–Trinajstić information content (AvgIpc) is 2.72. The fourth-order valence-corrected chi connectivity index (χ4v) is 3.54. The smallest absolute Gasteiger partial charge is 0.145 e. The van der Waals surface area contributed by atoms with Crippen LogP contribution in [-0.4, -0.2) is 34.5 Å². The number of hydrogen-bond donors (Lipinski definition) is 1. The molecule has 5 nitrogen and oxygen atoms in total. The first-order valence-electron chi connectivity index (χ1n) is 9.32. The highest BCUT2D eigenvalue weighted by molar-refractivity contribution is 5.39. The van der Waals surface area contributed by atoms with E-state index in [0.29, 0.717) is 6.04 Å². The van der Waals surface area contributed by atoms with Crippen molar-refractivity contribution in [1.82, 2.24) is 20.2 Å². The van der Waals surface area contributed by atoms with Gasteiger partial charge in [-0.15, -0.1) is 0 Å². The molecule has 138 valence electrons. The summed E-state index contributed by atoms with van der Waals surface area (Å²) in [5.41, 5.74) is 3.74. The maximum Gasteiger partial charge on any atom is 0.145 e. The number of hydrogen-bond acceptors (Lipinski definition) is 5. The van der Waals surface area contributed by atoms with Crippen molar-refractivity contribution in [3.63, 3.8) is 0 Å². The maximum absolute atomic E-state index is 5.95. The number of benzene rings is 1.